The average Bonchev–Trinajstić information content (AvgIpc) is 2.80. The van der Waals surface area contributed by atoms with Crippen LogP contribution in [0.2, 0.25) is 0 Å². The number of aliphatic hydroxyl groups excluding tert-OH is 1. The van der Waals surface area contributed by atoms with E-state index in [4.69, 9.17) is 4.74 Å². The standard InChI is InChI=1S/C27H37FN2O5/c1-6-20(26(34)29-22(24(32)15-28)14-25(33)35-27(3,4)5)21-16-30(13-12-18(21)2)23(17-31)19-10-8-7-9-11-19/h7-13,17,20,22-24,32H,6,14-16H2,1-5H3,(H,29,34). The van der Waals surface area contributed by atoms with E-state index >= 15 is 0 Å². The maximum Gasteiger partial charge on any atom is 0.308 e. The number of aliphatic hydroxyl groups is 1. The van der Waals surface area contributed by atoms with Crippen LogP contribution >= 0.6 is 0 Å². The number of hydrogen-bond donors (Lipinski definition) is 2. The highest BCUT2D eigenvalue weighted by atomic mass is 19.1. The monoisotopic (exact) mass is 488 g/mol. The van der Waals surface area contributed by atoms with Crippen LogP contribution in [0.3, 0.4) is 0 Å². The molecule has 0 bridgehead atoms. The van der Waals surface area contributed by atoms with Crippen molar-refractivity contribution in [2.75, 3.05) is 13.2 Å². The summed E-state index contributed by atoms with van der Waals surface area (Å²) >= 11 is 0. The number of amides is 1. The molecule has 1 aromatic rings. The number of allylic oxidation sites excluding steroid dienone is 2. The summed E-state index contributed by atoms with van der Waals surface area (Å²) in [7, 11) is 0. The number of nitrogens with one attached hydrogen (secondary N) is 1. The summed E-state index contributed by atoms with van der Waals surface area (Å²) in [4.78, 5) is 39.4. The molecule has 0 saturated heterocycles. The predicted octanol–water partition coefficient (Wildman–Crippen LogP) is 3.65. The smallest absolute Gasteiger partial charge is 0.308 e. The third kappa shape index (κ3) is 8.02. The van der Waals surface area contributed by atoms with Gasteiger partial charge in [0.25, 0.3) is 0 Å². The van der Waals surface area contributed by atoms with Crippen LogP contribution in [0.4, 0.5) is 4.39 Å². The molecule has 1 aliphatic rings. The topological polar surface area (TPSA) is 95.9 Å². The first-order valence-electron chi connectivity index (χ1n) is 11.9. The Kier molecular flexibility index (Phi) is 10.2. The lowest BCUT2D eigenvalue weighted by Gasteiger charge is -2.34. The summed E-state index contributed by atoms with van der Waals surface area (Å²) in [6, 6.07) is 7.73. The molecule has 0 fully saturated rings. The number of ether oxygens (including phenoxy) is 1. The molecule has 1 aromatic carbocycles. The lowest BCUT2D eigenvalue weighted by molar-refractivity contribution is -0.156. The zero-order valence-electron chi connectivity index (χ0n) is 21.2. The van der Waals surface area contributed by atoms with Crippen LogP contribution < -0.4 is 5.32 Å². The van der Waals surface area contributed by atoms with Crippen LogP contribution in [0.15, 0.2) is 53.8 Å². The third-order valence-electron chi connectivity index (χ3n) is 5.90. The highest BCUT2D eigenvalue weighted by Gasteiger charge is 2.32. The zero-order chi connectivity index (χ0) is 26.2. The van der Waals surface area contributed by atoms with Gasteiger partial charge in [-0.15, -0.1) is 0 Å². The second-order valence-corrected chi connectivity index (χ2v) is 9.78. The molecule has 2 N–H and O–H groups in total. The Hall–Kier alpha value is -3.00. The summed E-state index contributed by atoms with van der Waals surface area (Å²) < 4.78 is 18.6. The van der Waals surface area contributed by atoms with Gasteiger partial charge < -0.3 is 24.9 Å². The molecule has 35 heavy (non-hydrogen) atoms. The lowest BCUT2D eigenvalue weighted by atomic mass is 9.88. The second-order valence-electron chi connectivity index (χ2n) is 9.78. The number of esters is 1. The van der Waals surface area contributed by atoms with E-state index in [2.05, 4.69) is 5.32 Å². The van der Waals surface area contributed by atoms with E-state index in [9.17, 15) is 23.9 Å². The maximum absolute atomic E-state index is 13.3. The first-order chi connectivity index (χ1) is 16.5. The maximum atomic E-state index is 13.3. The molecule has 1 heterocycles. The van der Waals surface area contributed by atoms with Crippen molar-refractivity contribution in [3.8, 4) is 0 Å². The molecule has 2 rings (SSSR count). The number of hydrogen-bond acceptors (Lipinski definition) is 6. The Bertz CT molecular complexity index is 939. The average molecular weight is 489 g/mol. The van der Waals surface area contributed by atoms with E-state index in [0.29, 0.717) is 13.0 Å². The number of alkyl halides is 1. The van der Waals surface area contributed by atoms with Crippen LogP contribution in [0.5, 0.6) is 0 Å². The first kappa shape index (κ1) is 28.2. The van der Waals surface area contributed by atoms with Crippen molar-refractivity contribution in [2.45, 2.75) is 71.2 Å². The van der Waals surface area contributed by atoms with Crippen LogP contribution in [0, 0.1) is 5.92 Å². The minimum atomic E-state index is -1.54. The normalized spacial score (nSPS) is 17.4. The quantitative estimate of drug-likeness (QED) is 0.365. The van der Waals surface area contributed by atoms with Crippen molar-refractivity contribution < 1.29 is 28.6 Å². The molecule has 0 radical (unpaired) electrons. The molecule has 8 heteroatoms. The molecule has 0 aromatic heterocycles. The minimum Gasteiger partial charge on any atom is -0.460 e. The Morgan fingerprint density at radius 3 is 2.46 bits per heavy atom. The number of carbonyl (C=O) groups is 3. The van der Waals surface area contributed by atoms with E-state index in [1.54, 1.807) is 20.8 Å². The van der Waals surface area contributed by atoms with Gasteiger partial charge in [0.05, 0.1) is 18.4 Å². The first-order valence-corrected chi connectivity index (χ1v) is 11.9. The minimum absolute atomic E-state index is 0.351. The van der Waals surface area contributed by atoms with Crippen molar-refractivity contribution in [2.24, 2.45) is 5.92 Å². The molecular formula is C27H37FN2O5. The molecule has 0 spiro atoms. The Morgan fingerprint density at radius 1 is 1.26 bits per heavy atom. The van der Waals surface area contributed by atoms with Crippen LogP contribution in [0.1, 0.15) is 59.1 Å². The van der Waals surface area contributed by atoms with Gasteiger partial charge >= 0.3 is 5.97 Å². The fourth-order valence-corrected chi connectivity index (χ4v) is 4.09. The van der Waals surface area contributed by atoms with Gasteiger partial charge in [0.1, 0.15) is 30.7 Å². The Morgan fingerprint density at radius 2 is 1.91 bits per heavy atom. The molecular weight excluding hydrogens is 451 g/mol. The molecule has 192 valence electrons. The van der Waals surface area contributed by atoms with Crippen LogP contribution in [-0.2, 0) is 19.1 Å². The van der Waals surface area contributed by atoms with E-state index in [-0.39, 0.29) is 6.42 Å². The van der Waals surface area contributed by atoms with E-state index in [1.165, 1.54) is 0 Å². The van der Waals surface area contributed by atoms with E-state index in [0.717, 1.165) is 23.0 Å². The van der Waals surface area contributed by atoms with Crippen molar-refractivity contribution in [3.63, 3.8) is 0 Å². The van der Waals surface area contributed by atoms with Crippen molar-refractivity contribution in [1.29, 1.82) is 0 Å². The summed E-state index contributed by atoms with van der Waals surface area (Å²) in [6.45, 7) is 8.11. The fourth-order valence-electron chi connectivity index (χ4n) is 4.09. The molecule has 4 unspecified atom stereocenters. The van der Waals surface area contributed by atoms with Gasteiger partial charge in [0.2, 0.25) is 5.91 Å². The van der Waals surface area contributed by atoms with Crippen molar-refractivity contribution >= 4 is 18.2 Å². The van der Waals surface area contributed by atoms with Gasteiger partial charge in [-0.2, -0.15) is 0 Å². The second kappa shape index (κ2) is 12.6. The SMILES string of the molecule is CCC(C(=O)NC(CC(=O)OC(C)(C)C)C(O)CF)C1=C(C)C=CN(C(C=O)c2ccccc2)C1. The number of halogens is 1. The van der Waals surface area contributed by atoms with E-state index in [1.807, 2.05) is 61.4 Å². The van der Waals surface area contributed by atoms with Crippen molar-refractivity contribution in [1.82, 2.24) is 10.2 Å². The zero-order valence-corrected chi connectivity index (χ0v) is 21.2. The summed E-state index contributed by atoms with van der Waals surface area (Å²) in [5.74, 6) is -1.64. The summed E-state index contributed by atoms with van der Waals surface area (Å²) in [5.41, 5.74) is 1.81. The lowest BCUT2D eigenvalue weighted by Crippen LogP contribution is -2.49. The van der Waals surface area contributed by atoms with Gasteiger partial charge in [0.15, 0.2) is 0 Å². The summed E-state index contributed by atoms with van der Waals surface area (Å²) in [6.07, 6.45) is 3.13. The Labute approximate surface area is 207 Å². The molecule has 7 nitrogen and oxygen atoms in total. The Balaban J connectivity index is 2.20. The summed E-state index contributed by atoms with van der Waals surface area (Å²) in [5, 5.41) is 12.8. The van der Waals surface area contributed by atoms with Crippen LogP contribution in [-0.4, -0.2) is 59.1 Å². The molecule has 4 atom stereocenters. The number of benzene rings is 1. The van der Waals surface area contributed by atoms with Gasteiger partial charge in [-0.25, -0.2) is 4.39 Å². The van der Waals surface area contributed by atoms with E-state index < -0.39 is 48.3 Å². The third-order valence-corrected chi connectivity index (χ3v) is 5.90. The largest absolute Gasteiger partial charge is 0.460 e. The molecule has 0 aliphatic carbocycles. The highest BCUT2D eigenvalue weighted by Crippen LogP contribution is 2.30. The number of rotatable bonds is 11. The predicted molar refractivity (Wildman–Crippen MR) is 132 cm³/mol. The number of carbonyl (C=O) groups excluding carboxylic acids is 3. The molecule has 0 saturated carbocycles. The number of nitrogens with zero attached hydrogens (tertiary/aromatic N) is 1. The van der Waals surface area contributed by atoms with Gasteiger partial charge in [-0.1, -0.05) is 37.3 Å². The van der Waals surface area contributed by atoms with Gasteiger partial charge in [-0.3, -0.25) is 9.59 Å². The van der Waals surface area contributed by atoms with Gasteiger partial charge in [0, 0.05) is 12.7 Å². The number of aldehydes is 1. The van der Waals surface area contributed by atoms with Gasteiger partial charge in [-0.05, 0) is 56.9 Å². The van der Waals surface area contributed by atoms with Crippen LogP contribution in [0.25, 0.3) is 0 Å². The molecule has 1 amide bonds. The molecule has 1 aliphatic heterocycles. The van der Waals surface area contributed by atoms with Crippen molar-refractivity contribution in [3.05, 3.63) is 59.3 Å². The highest BCUT2D eigenvalue weighted by molar-refractivity contribution is 5.83. The fraction of sp³-hybridized carbons (Fsp3) is 0.519.